The fourth-order valence-corrected chi connectivity index (χ4v) is 2.24. The lowest BCUT2D eigenvalue weighted by atomic mass is 10.2. The lowest BCUT2D eigenvalue weighted by molar-refractivity contribution is 0.626. The van der Waals surface area contributed by atoms with E-state index in [0.717, 1.165) is 17.8 Å². The standard InChI is InChI=1S/C14H13Cl2FN2/c1-2-19(12-5-3-4-11(17)6-12)9-10-8-18-14(16)7-13(10)15/h3-8H,2,9H2,1H3. The van der Waals surface area contributed by atoms with Crippen LogP contribution in [-0.2, 0) is 6.54 Å². The molecule has 0 aliphatic heterocycles. The normalized spacial score (nSPS) is 10.5. The Labute approximate surface area is 121 Å². The lowest BCUT2D eigenvalue weighted by Gasteiger charge is -2.23. The van der Waals surface area contributed by atoms with Gasteiger partial charge in [0, 0.05) is 30.5 Å². The fraction of sp³-hybridized carbons (Fsp3) is 0.214. The molecule has 1 heterocycles. The molecule has 2 rings (SSSR count). The summed E-state index contributed by atoms with van der Waals surface area (Å²) in [6.45, 7) is 3.30. The van der Waals surface area contributed by atoms with E-state index in [1.165, 1.54) is 12.1 Å². The first-order chi connectivity index (χ1) is 9.10. The molecule has 19 heavy (non-hydrogen) atoms. The number of anilines is 1. The summed E-state index contributed by atoms with van der Waals surface area (Å²) < 4.78 is 13.3. The molecule has 0 bridgehead atoms. The SMILES string of the molecule is CCN(Cc1cnc(Cl)cc1Cl)c1cccc(F)c1. The van der Waals surface area contributed by atoms with Gasteiger partial charge in [0.2, 0.25) is 0 Å². The molecule has 0 saturated carbocycles. The van der Waals surface area contributed by atoms with Gasteiger partial charge in [-0.25, -0.2) is 9.37 Å². The van der Waals surface area contributed by atoms with Crippen molar-refractivity contribution in [2.45, 2.75) is 13.5 Å². The van der Waals surface area contributed by atoms with Crippen LogP contribution in [0.1, 0.15) is 12.5 Å². The Morgan fingerprint density at radius 3 is 2.68 bits per heavy atom. The highest BCUT2D eigenvalue weighted by atomic mass is 35.5. The third-order valence-corrected chi connectivity index (χ3v) is 3.37. The molecule has 0 aliphatic carbocycles. The molecule has 1 aromatic heterocycles. The van der Waals surface area contributed by atoms with E-state index >= 15 is 0 Å². The molecule has 0 unspecified atom stereocenters. The molecule has 0 radical (unpaired) electrons. The van der Waals surface area contributed by atoms with Crippen molar-refractivity contribution in [3.63, 3.8) is 0 Å². The third kappa shape index (κ3) is 3.58. The van der Waals surface area contributed by atoms with E-state index in [2.05, 4.69) is 4.98 Å². The molecule has 0 fully saturated rings. The van der Waals surface area contributed by atoms with E-state index in [1.807, 2.05) is 17.9 Å². The van der Waals surface area contributed by atoms with Crippen LogP contribution in [0.3, 0.4) is 0 Å². The molecule has 2 nitrogen and oxygen atoms in total. The van der Waals surface area contributed by atoms with Gasteiger partial charge in [0.05, 0.1) is 5.02 Å². The van der Waals surface area contributed by atoms with E-state index in [4.69, 9.17) is 23.2 Å². The summed E-state index contributed by atoms with van der Waals surface area (Å²) >= 11 is 11.9. The Bertz CT molecular complexity index is 575. The quantitative estimate of drug-likeness (QED) is 0.770. The number of aromatic nitrogens is 1. The van der Waals surface area contributed by atoms with Crippen molar-refractivity contribution in [1.82, 2.24) is 4.98 Å². The zero-order valence-electron chi connectivity index (χ0n) is 10.4. The maximum absolute atomic E-state index is 13.3. The smallest absolute Gasteiger partial charge is 0.130 e. The van der Waals surface area contributed by atoms with E-state index in [0.29, 0.717) is 16.7 Å². The van der Waals surface area contributed by atoms with E-state index in [9.17, 15) is 4.39 Å². The van der Waals surface area contributed by atoms with Gasteiger partial charge in [0.1, 0.15) is 11.0 Å². The number of benzene rings is 1. The summed E-state index contributed by atoms with van der Waals surface area (Å²) in [5.74, 6) is -0.253. The van der Waals surface area contributed by atoms with Crippen LogP contribution in [0.25, 0.3) is 0 Å². The molecule has 0 amide bonds. The summed E-state index contributed by atoms with van der Waals surface area (Å²) in [6.07, 6.45) is 1.65. The summed E-state index contributed by atoms with van der Waals surface area (Å²) in [4.78, 5) is 6.03. The molecule has 0 saturated heterocycles. The molecule has 100 valence electrons. The van der Waals surface area contributed by atoms with Gasteiger partial charge >= 0.3 is 0 Å². The van der Waals surface area contributed by atoms with E-state index in [-0.39, 0.29) is 5.82 Å². The Kier molecular flexibility index (Phi) is 4.61. The molecule has 0 atom stereocenters. The van der Waals surface area contributed by atoms with E-state index in [1.54, 1.807) is 18.3 Å². The van der Waals surface area contributed by atoms with Crippen LogP contribution in [0.2, 0.25) is 10.2 Å². The highest BCUT2D eigenvalue weighted by Crippen LogP contribution is 2.23. The van der Waals surface area contributed by atoms with Crippen molar-refractivity contribution in [3.8, 4) is 0 Å². The molecule has 2 aromatic rings. The molecular formula is C14H13Cl2FN2. The monoisotopic (exact) mass is 298 g/mol. The van der Waals surface area contributed by atoms with Crippen LogP contribution >= 0.6 is 23.2 Å². The number of hydrogen-bond acceptors (Lipinski definition) is 2. The molecule has 0 spiro atoms. The summed E-state index contributed by atoms with van der Waals surface area (Å²) in [7, 11) is 0. The van der Waals surface area contributed by atoms with Gasteiger partial charge < -0.3 is 4.90 Å². The van der Waals surface area contributed by atoms with Gasteiger partial charge in [-0.15, -0.1) is 0 Å². The maximum atomic E-state index is 13.3. The van der Waals surface area contributed by atoms with Crippen molar-refractivity contribution >= 4 is 28.9 Å². The number of nitrogens with zero attached hydrogens (tertiary/aromatic N) is 2. The minimum atomic E-state index is -0.253. The highest BCUT2D eigenvalue weighted by molar-refractivity contribution is 6.34. The van der Waals surface area contributed by atoms with Gasteiger partial charge in [-0.05, 0) is 31.2 Å². The molecular weight excluding hydrogens is 286 g/mol. The Morgan fingerprint density at radius 1 is 1.26 bits per heavy atom. The first-order valence-electron chi connectivity index (χ1n) is 5.90. The van der Waals surface area contributed by atoms with Gasteiger partial charge in [0.15, 0.2) is 0 Å². The predicted molar refractivity (Wildman–Crippen MR) is 77.4 cm³/mol. The lowest BCUT2D eigenvalue weighted by Crippen LogP contribution is -2.22. The van der Waals surface area contributed by atoms with Crippen molar-refractivity contribution < 1.29 is 4.39 Å². The van der Waals surface area contributed by atoms with Crippen LogP contribution in [0.5, 0.6) is 0 Å². The average Bonchev–Trinajstić information content (AvgIpc) is 2.38. The molecule has 5 heteroatoms. The van der Waals surface area contributed by atoms with Crippen molar-refractivity contribution in [2.24, 2.45) is 0 Å². The predicted octanol–water partition coefficient (Wildman–Crippen LogP) is 4.55. The number of pyridine rings is 1. The second kappa shape index (κ2) is 6.22. The minimum absolute atomic E-state index is 0.253. The minimum Gasteiger partial charge on any atom is -0.367 e. The molecule has 1 aromatic carbocycles. The average molecular weight is 299 g/mol. The fourth-order valence-electron chi connectivity index (χ4n) is 1.82. The summed E-state index contributed by atoms with van der Waals surface area (Å²) in [5.41, 5.74) is 1.67. The van der Waals surface area contributed by atoms with Crippen LogP contribution in [0.15, 0.2) is 36.5 Å². The number of halogens is 3. The van der Waals surface area contributed by atoms with Crippen LogP contribution in [-0.4, -0.2) is 11.5 Å². The van der Waals surface area contributed by atoms with Crippen molar-refractivity contribution in [3.05, 3.63) is 58.1 Å². The Morgan fingerprint density at radius 2 is 2.05 bits per heavy atom. The third-order valence-electron chi connectivity index (χ3n) is 2.81. The largest absolute Gasteiger partial charge is 0.367 e. The van der Waals surface area contributed by atoms with Crippen LogP contribution in [0.4, 0.5) is 10.1 Å². The zero-order valence-corrected chi connectivity index (χ0v) is 11.9. The molecule has 0 aliphatic rings. The summed E-state index contributed by atoms with van der Waals surface area (Å²) in [6, 6.07) is 8.09. The first kappa shape index (κ1) is 14.1. The second-order valence-electron chi connectivity index (χ2n) is 4.09. The van der Waals surface area contributed by atoms with Gasteiger partial charge in [-0.3, -0.25) is 0 Å². The number of rotatable bonds is 4. The number of hydrogen-bond donors (Lipinski definition) is 0. The van der Waals surface area contributed by atoms with Crippen molar-refractivity contribution in [2.75, 3.05) is 11.4 Å². The Balaban J connectivity index is 2.24. The van der Waals surface area contributed by atoms with Crippen LogP contribution in [0, 0.1) is 5.82 Å². The molecule has 0 N–H and O–H groups in total. The first-order valence-corrected chi connectivity index (χ1v) is 6.66. The topological polar surface area (TPSA) is 16.1 Å². The maximum Gasteiger partial charge on any atom is 0.130 e. The second-order valence-corrected chi connectivity index (χ2v) is 4.89. The van der Waals surface area contributed by atoms with Crippen LogP contribution < -0.4 is 4.90 Å². The van der Waals surface area contributed by atoms with Gasteiger partial charge in [-0.1, -0.05) is 29.3 Å². The van der Waals surface area contributed by atoms with Gasteiger partial charge in [-0.2, -0.15) is 0 Å². The Hall–Kier alpha value is -1.32. The highest BCUT2D eigenvalue weighted by Gasteiger charge is 2.09. The summed E-state index contributed by atoms with van der Waals surface area (Å²) in [5, 5.41) is 0.928. The van der Waals surface area contributed by atoms with E-state index < -0.39 is 0 Å². The van der Waals surface area contributed by atoms with Gasteiger partial charge in [0.25, 0.3) is 0 Å². The zero-order chi connectivity index (χ0) is 13.8. The van der Waals surface area contributed by atoms with Crippen molar-refractivity contribution in [1.29, 1.82) is 0 Å².